The average Bonchev–Trinajstić information content (AvgIpc) is 3.05. The van der Waals surface area contributed by atoms with Gasteiger partial charge >= 0.3 is 5.97 Å². The van der Waals surface area contributed by atoms with Crippen LogP contribution in [0.5, 0.6) is 0 Å². The van der Waals surface area contributed by atoms with Crippen LogP contribution in [0.3, 0.4) is 0 Å². The van der Waals surface area contributed by atoms with Gasteiger partial charge in [-0.25, -0.2) is 13.2 Å². The smallest absolute Gasteiger partial charge is 0.354 e. The molecule has 0 saturated carbocycles. The fourth-order valence-corrected chi connectivity index (χ4v) is 3.81. The molecule has 1 saturated heterocycles. The molecule has 2 heterocycles. The number of aromatic nitrogens is 1. The van der Waals surface area contributed by atoms with E-state index in [9.17, 15) is 13.2 Å². The maximum absolute atomic E-state index is 12.4. The van der Waals surface area contributed by atoms with Crippen LogP contribution in [0.1, 0.15) is 36.7 Å². The SMILES string of the molecule is CCCOC(=O)c1cc(S(=O)(=O)N2CCCC2)cn1C. The van der Waals surface area contributed by atoms with Gasteiger partial charge in [0.15, 0.2) is 0 Å². The number of ether oxygens (including phenoxy) is 1. The number of carbonyl (C=O) groups excluding carboxylic acids is 1. The molecule has 0 radical (unpaired) electrons. The summed E-state index contributed by atoms with van der Waals surface area (Å²) in [6.45, 7) is 3.33. The van der Waals surface area contributed by atoms with Crippen molar-refractivity contribution < 1.29 is 17.9 Å². The molecule has 0 bridgehead atoms. The molecule has 0 N–H and O–H groups in total. The lowest BCUT2D eigenvalue weighted by molar-refractivity contribution is 0.0494. The van der Waals surface area contributed by atoms with E-state index in [1.807, 2.05) is 6.92 Å². The Bertz CT molecular complexity index is 586. The highest BCUT2D eigenvalue weighted by molar-refractivity contribution is 7.89. The minimum Gasteiger partial charge on any atom is -0.461 e. The van der Waals surface area contributed by atoms with Crippen molar-refractivity contribution in [3.63, 3.8) is 0 Å². The predicted octanol–water partition coefficient (Wildman–Crippen LogP) is 1.38. The Morgan fingerprint density at radius 3 is 2.60 bits per heavy atom. The van der Waals surface area contributed by atoms with Crippen LogP contribution in [0.15, 0.2) is 17.2 Å². The van der Waals surface area contributed by atoms with E-state index in [1.165, 1.54) is 21.1 Å². The van der Waals surface area contributed by atoms with Gasteiger partial charge in [-0.15, -0.1) is 0 Å². The van der Waals surface area contributed by atoms with Gasteiger partial charge in [0.05, 0.1) is 6.61 Å². The molecule has 20 heavy (non-hydrogen) atoms. The lowest BCUT2D eigenvalue weighted by Crippen LogP contribution is -2.27. The summed E-state index contributed by atoms with van der Waals surface area (Å²) in [6.07, 6.45) is 3.97. The summed E-state index contributed by atoms with van der Waals surface area (Å²) in [5, 5.41) is 0. The van der Waals surface area contributed by atoms with Crippen molar-refractivity contribution >= 4 is 16.0 Å². The monoisotopic (exact) mass is 300 g/mol. The Morgan fingerprint density at radius 2 is 2.00 bits per heavy atom. The fraction of sp³-hybridized carbons (Fsp3) is 0.615. The van der Waals surface area contributed by atoms with E-state index in [2.05, 4.69) is 0 Å². The topological polar surface area (TPSA) is 68.6 Å². The molecule has 0 atom stereocenters. The van der Waals surface area contributed by atoms with Crippen LogP contribution in [0.4, 0.5) is 0 Å². The first-order chi connectivity index (χ1) is 9.46. The summed E-state index contributed by atoms with van der Waals surface area (Å²) >= 11 is 0. The molecule has 0 amide bonds. The van der Waals surface area contributed by atoms with Crippen LogP contribution in [0, 0.1) is 0 Å². The van der Waals surface area contributed by atoms with E-state index in [0.29, 0.717) is 19.7 Å². The standard InChI is InChI=1S/C13H20N2O4S/c1-3-8-19-13(16)12-9-11(10-14(12)2)20(17,18)15-6-4-5-7-15/h9-10H,3-8H2,1-2H3. The van der Waals surface area contributed by atoms with E-state index in [4.69, 9.17) is 4.74 Å². The van der Waals surface area contributed by atoms with E-state index < -0.39 is 16.0 Å². The maximum Gasteiger partial charge on any atom is 0.354 e. The Kier molecular flexibility index (Phi) is 4.49. The highest BCUT2D eigenvalue weighted by Gasteiger charge is 2.29. The van der Waals surface area contributed by atoms with Gasteiger partial charge in [0.1, 0.15) is 10.6 Å². The molecule has 1 aromatic heterocycles. The fourth-order valence-electron chi connectivity index (χ4n) is 2.22. The number of rotatable bonds is 5. The minimum absolute atomic E-state index is 0.158. The normalized spacial score (nSPS) is 16.5. The lowest BCUT2D eigenvalue weighted by Gasteiger charge is -2.13. The van der Waals surface area contributed by atoms with E-state index >= 15 is 0 Å². The van der Waals surface area contributed by atoms with Crippen molar-refractivity contribution in [1.29, 1.82) is 0 Å². The molecule has 1 aliphatic rings. The summed E-state index contributed by atoms with van der Waals surface area (Å²) in [5.41, 5.74) is 0.260. The Morgan fingerprint density at radius 1 is 1.35 bits per heavy atom. The first-order valence-corrected chi connectivity index (χ1v) is 8.24. The van der Waals surface area contributed by atoms with Crippen molar-refractivity contribution in [2.75, 3.05) is 19.7 Å². The van der Waals surface area contributed by atoms with Crippen LogP contribution in [-0.4, -0.2) is 43.0 Å². The van der Waals surface area contributed by atoms with Gasteiger partial charge in [-0.2, -0.15) is 4.31 Å². The Hall–Kier alpha value is -1.34. The zero-order valence-electron chi connectivity index (χ0n) is 11.8. The van der Waals surface area contributed by atoms with E-state index in [0.717, 1.165) is 19.3 Å². The lowest BCUT2D eigenvalue weighted by atomic mass is 10.4. The van der Waals surface area contributed by atoms with Gasteiger partial charge in [0.25, 0.3) is 0 Å². The number of sulfonamides is 1. The summed E-state index contributed by atoms with van der Waals surface area (Å²) in [5.74, 6) is -0.489. The molecule has 0 aliphatic carbocycles. The molecule has 7 heteroatoms. The molecule has 1 fully saturated rings. The number of aryl methyl sites for hydroxylation is 1. The van der Waals surface area contributed by atoms with Crippen LogP contribution in [0.25, 0.3) is 0 Å². The molecule has 1 aliphatic heterocycles. The largest absolute Gasteiger partial charge is 0.461 e. The van der Waals surface area contributed by atoms with E-state index in [-0.39, 0.29) is 10.6 Å². The quantitative estimate of drug-likeness (QED) is 0.770. The van der Waals surface area contributed by atoms with Gasteiger partial charge in [-0.1, -0.05) is 6.92 Å². The molecule has 0 spiro atoms. The summed E-state index contributed by atoms with van der Waals surface area (Å²) in [6, 6.07) is 1.39. The van der Waals surface area contributed by atoms with Crippen LogP contribution >= 0.6 is 0 Å². The zero-order valence-corrected chi connectivity index (χ0v) is 12.6. The first kappa shape index (κ1) is 15.1. The number of esters is 1. The number of carbonyl (C=O) groups is 1. The number of hydrogen-bond donors (Lipinski definition) is 0. The van der Waals surface area contributed by atoms with Crippen molar-refractivity contribution in [2.24, 2.45) is 7.05 Å². The van der Waals surface area contributed by atoms with Gasteiger partial charge in [0, 0.05) is 26.3 Å². The van der Waals surface area contributed by atoms with Crippen molar-refractivity contribution in [3.8, 4) is 0 Å². The van der Waals surface area contributed by atoms with Crippen molar-refractivity contribution in [2.45, 2.75) is 31.1 Å². The number of hydrogen-bond acceptors (Lipinski definition) is 4. The van der Waals surface area contributed by atoms with E-state index in [1.54, 1.807) is 7.05 Å². The zero-order chi connectivity index (χ0) is 14.8. The highest BCUT2D eigenvalue weighted by Crippen LogP contribution is 2.22. The van der Waals surface area contributed by atoms with Crippen molar-refractivity contribution in [1.82, 2.24) is 8.87 Å². The average molecular weight is 300 g/mol. The first-order valence-electron chi connectivity index (χ1n) is 6.80. The molecule has 112 valence electrons. The van der Waals surface area contributed by atoms with Gasteiger partial charge in [-0.3, -0.25) is 0 Å². The molecule has 1 aromatic rings. The second kappa shape index (κ2) is 5.97. The molecule has 2 rings (SSSR count). The van der Waals surface area contributed by atoms with Gasteiger partial charge in [0.2, 0.25) is 10.0 Å². The molecule has 0 aromatic carbocycles. The molecule has 6 nitrogen and oxygen atoms in total. The highest BCUT2D eigenvalue weighted by atomic mass is 32.2. The Labute approximate surface area is 119 Å². The third-order valence-corrected chi connectivity index (χ3v) is 5.19. The molecular weight excluding hydrogens is 280 g/mol. The van der Waals surface area contributed by atoms with Crippen LogP contribution in [0.2, 0.25) is 0 Å². The van der Waals surface area contributed by atoms with Gasteiger partial charge in [-0.05, 0) is 25.3 Å². The van der Waals surface area contributed by atoms with Crippen molar-refractivity contribution in [3.05, 3.63) is 18.0 Å². The second-order valence-electron chi connectivity index (χ2n) is 4.92. The molecular formula is C13H20N2O4S. The van der Waals surface area contributed by atoms with Crippen LogP contribution in [-0.2, 0) is 21.8 Å². The summed E-state index contributed by atoms with van der Waals surface area (Å²) in [7, 11) is -1.85. The third-order valence-electron chi connectivity index (χ3n) is 3.33. The summed E-state index contributed by atoms with van der Waals surface area (Å²) in [4.78, 5) is 12.0. The minimum atomic E-state index is -3.49. The number of nitrogens with zero attached hydrogens (tertiary/aromatic N) is 2. The summed E-state index contributed by atoms with van der Waals surface area (Å²) < 4.78 is 32.8. The van der Waals surface area contributed by atoms with Crippen LogP contribution < -0.4 is 0 Å². The third kappa shape index (κ3) is 2.88. The second-order valence-corrected chi connectivity index (χ2v) is 6.86. The predicted molar refractivity (Wildman–Crippen MR) is 74.0 cm³/mol. The van der Waals surface area contributed by atoms with Gasteiger partial charge < -0.3 is 9.30 Å². The Balaban J connectivity index is 2.24. The maximum atomic E-state index is 12.4. The molecule has 0 unspecified atom stereocenters.